The number of rotatable bonds is 1. The molecule has 0 aromatic heterocycles. The van der Waals surface area contributed by atoms with Crippen molar-refractivity contribution in [1.29, 1.82) is 0 Å². The highest BCUT2D eigenvalue weighted by Crippen LogP contribution is 2.22. The van der Waals surface area contributed by atoms with Crippen LogP contribution >= 0.6 is 0 Å². The van der Waals surface area contributed by atoms with E-state index in [1.54, 1.807) is 0 Å². The predicted molar refractivity (Wildman–Crippen MR) is 78.1 cm³/mol. The number of benzene rings is 1. The van der Waals surface area contributed by atoms with E-state index in [4.69, 9.17) is 0 Å². The first-order chi connectivity index (χ1) is 8.97. The quantitative estimate of drug-likeness (QED) is 0.567. The van der Waals surface area contributed by atoms with Crippen molar-refractivity contribution in [3.63, 3.8) is 0 Å². The van der Waals surface area contributed by atoms with Crippen LogP contribution in [0.4, 0.5) is 0 Å². The molecular formula is C17H21NO. The van der Waals surface area contributed by atoms with Crippen LogP contribution in [-0.2, 0) is 5.41 Å². The molecule has 0 unspecified atom stereocenters. The first-order valence-electron chi connectivity index (χ1n) is 6.88. The Morgan fingerprint density at radius 3 is 2.21 bits per heavy atom. The smallest absolute Gasteiger partial charge is 0.237 e. The zero-order valence-corrected chi connectivity index (χ0v) is 12.0. The third-order valence-corrected chi connectivity index (χ3v) is 3.45. The van der Waals surface area contributed by atoms with E-state index in [0.29, 0.717) is 5.56 Å². The van der Waals surface area contributed by atoms with Gasteiger partial charge in [-0.05, 0) is 29.7 Å². The minimum Gasteiger partial charge on any atom is -0.332 e. The molecule has 1 aliphatic heterocycles. The molecule has 0 radical (unpaired) electrons. The number of nitrogens with zero attached hydrogens (tertiary/aromatic N) is 1. The van der Waals surface area contributed by atoms with Gasteiger partial charge in [0.1, 0.15) is 0 Å². The monoisotopic (exact) mass is 255 g/mol. The van der Waals surface area contributed by atoms with Gasteiger partial charge in [0.15, 0.2) is 0 Å². The lowest BCUT2D eigenvalue weighted by Crippen LogP contribution is -2.12. The van der Waals surface area contributed by atoms with Gasteiger partial charge in [-0.15, -0.1) is 0 Å². The van der Waals surface area contributed by atoms with Gasteiger partial charge < -0.3 is 4.90 Å². The van der Waals surface area contributed by atoms with E-state index in [9.17, 15) is 4.79 Å². The van der Waals surface area contributed by atoms with Crippen molar-refractivity contribution in [2.24, 2.45) is 0 Å². The number of ketones is 1. The standard InChI is InChI=1S/C17H21NO/c1-17(2,3)15-8-6-14(7-9-15)16(19)10-13-18-11-4-5-12-18/h6-9H,4-5,11-12H2,1-3H3. The lowest BCUT2D eigenvalue weighted by Gasteiger charge is -2.18. The van der Waals surface area contributed by atoms with Gasteiger partial charge in [-0.1, -0.05) is 45.0 Å². The molecule has 2 heteroatoms. The SMILES string of the molecule is CC(C)(C)c1ccc(C(=O)C#CN2CCCC2)cc1. The van der Waals surface area contributed by atoms with Crippen molar-refractivity contribution >= 4 is 5.78 Å². The van der Waals surface area contributed by atoms with E-state index in [-0.39, 0.29) is 11.2 Å². The molecule has 1 saturated heterocycles. The molecule has 0 aliphatic carbocycles. The van der Waals surface area contributed by atoms with Crippen molar-refractivity contribution in [2.75, 3.05) is 13.1 Å². The third-order valence-electron chi connectivity index (χ3n) is 3.45. The number of hydrogen-bond acceptors (Lipinski definition) is 2. The second-order valence-electron chi connectivity index (χ2n) is 6.09. The zero-order valence-electron chi connectivity index (χ0n) is 12.0. The molecule has 1 aromatic carbocycles. The topological polar surface area (TPSA) is 20.3 Å². The maximum atomic E-state index is 12.0. The summed E-state index contributed by atoms with van der Waals surface area (Å²) in [5.74, 6) is 2.65. The summed E-state index contributed by atoms with van der Waals surface area (Å²) in [5, 5.41) is 0. The molecule has 19 heavy (non-hydrogen) atoms. The summed E-state index contributed by atoms with van der Waals surface area (Å²) in [6, 6.07) is 10.7. The van der Waals surface area contributed by atoms with Crippen LogP contribution in [-0.4, -0.2) is 23.8 Å². The Labute approximate surface area is 115 Å². The maximum Gasteiger partial charge on any atom is 0.237 e. The molecular weight excluding hydrogens is 234 g/mol. The highest BCUT2D eigenvalue weighted by molar-refractivity contribution is 6.08. The fourth-order valence-electron chi connectivity index (χ4n) is 2.15. The van der Waals surface area contributed by atoms with Gasteiger partial charge >= 0.3 is 0 Å². The van der Waals surface area contributed by atoms with E-state index in [1.165, 1.54) is 18.4 Å². The Morgan fingerprint density at radius 2 is 1.68 bits per heavy atom. The highest BCUT2D eigenvalue weighted by atomic mass is 16.1. The minimum atomic E-state index is -0.0904. The Kier molecular flexibility index (Phi) is 3.95. The van der Waals surface area contributed by atoms with Crippen molar-refractivity contribution < 1.29 is 4.79 Å². The predicted octanol–water partition coefficient (Wildman–Crippen LogP) is 3.22. The van der Waals surface area contributed by atoms with E-state index >= 15 is 0 Å². The second-order valence-corrected chi connectivity index (χ2v) is 6.09. The molecule has 0 N–H and O–H groups in total. The molecule has 0 saturated carbocycles. The fraction of sp³-hybridized carbons (Fsp3) is 0.471. The summed E-state index contributed by atoms with van der Waals surface area (Å²) in [4.78, 5) is 14.0. The van der Waals surface area contributed by atoms with Crippen molar-refractivity contribution in [1.82, 2.24) is 4.90 Å². The van der Waals surface area contributed by atoms with Crippen LogP contribution in [0.15, 0.2) is 24.3 Å². The second kappa shape index (κ2) is 5.48. The van der Waals surface area contributed by atoms with Crippen LogP contribution in [0, 0.1) is 12.0 Å². The summed E-state index contributed by atoms with van der Waals surface area (Å²) < 4.78 is 0. The summed E-state index contributed by atoms with van der Waals surface area (Å²) in [6.07, 6.45) is 2.37. The molecule has 1 fully saturated rings. The number of likely N-dealkylation sites (tertiary alicyclic amines) is 1. The largest absolute Gasteiger partial charge is 0.332 e. The van der Waals surface area contributed by atoms with Crippen LogP contribution in [0.25, 0.3) is 0 Å². The normalized spacial score (nSPS) is 15.0. The summed E-state index contributed by atoms with van der Waals surface area (Å²) in [7, 11) is 0. The van der Waals surface area contributed by atoms with Gasteiger partial charge in [-0.3, -0.25) is 4.79 Å². The molecule has 2 nitrogen and oxygen atoms in total. The van der Waals surface area contributed by atoms with Crippen LogP contribution in [0.2, 0.25) is 0 Å². The molecule has 0 amide bonds. The van der Waals surface area contributed by atoms with Gasteiger partial charge in [0.25, 0.3) is 0 Å². The first-order valence-corrected chi connectivity index (χ1v) is 6.88. The highest BCUT2D eigenvalue weighted by Gasteiger charge is 2.14. The van der Waals surface area contributed by atoms with E-state index in [2.05, 4.69) is 32.7 Å². The van der Waals surface area contributed by atoms with Crippen molar-refractivity contribution in [3.05, 3.63) is 35.4 Å². The van der Waals surface area contributed by atoms with E-state index < -0.39 is 0 Å². The number of hydrogen-bond donors (Lipinski definition) is 0. The molecule has 0 bridgehead atoms. The Morgan fingerprint density at radius 1 is 1.11 bits per heavy atom. The third kappa shape index (κ3) is 3.61. The van der Waals surface area contributed by atoms with Gasteiger partial charge in [0.2, 0.25) is 5.78 Å². The van der Waals surface area contributed by atoms with Gasteiger partial charge in [0, 0.05) is 24.7 Å². The van der Waals surface area contributed by atoms with Crippen LogP contribution in [0.1, 0.15) is 49.5 Å². The average Bonchev–Trinajstić information content (AvgIpc) is 2.88. The lowest BCUT2D eigenvalue weighted by atomic mass is 9.86. The fourth-order valence-corrected chi connectivity index (χ4v) is 2.15. The summed E-state index contributed by atoms with van der Waals surface area (Å²) in [6.45, 7) is 8.47. The van der Waals surface area contributed by atoms with E-state index in [0.717, 1.165) is 13.1 Å². The van der Waals surface area contributed by atoms with Crippen LogP contribution in [0.3, 0.4) is 0 Å². The molecule has 100 valence electrons. The van der Waals surface area contributed by atoms with Gasteiger partial charge in [0.05, 0.1) is 0 Å². The number of Topliss-reactive ketones (excluding diaryl/α,β-unsaturated/α-hetero) is 1. The van der Waals surface area contributed by atoms with Gasteiger partial charge in [-0.2, -0.15) is 0 Å². The molecule has 0 atom stereocenters. The maximum absolute atomic E-state index is 12.0. The van der Waals surface area contributed by atoms with Crippen molar-refractivity contribution in [3.8, 4) is 12.0 Å². The van der Waals surface area contributed by atoms with Crippen molar-refractivity contribution in [2.45, 2.75) is 39.0 Å². The Balaban J connectivity index is 2.07. The molecule has 1 aliphatic rings. The molecule has 1 aromatic rings. The number of carbonyl (C=O) groups is 1. The Hall–Kier alpha value is -1.75. The average molecular weight is 255 g/mol. The van der Waals surface area contributed by atoms with Crippen LogP contribution in [0.5, 0.6) is 0 Å². The molecule has 1 heterocycles. The van der Waals surface area contributed by atoms with Crippen LogP contribution < -0.4 is 0 Å². The number of carbonyl (C=O) groups excluding carboxylic acids is 1. The summed E-state index contributed by atoms with van der Waals surface area (Å²) >= 11 is 0. The lowest BCUT2D eigenvalue weighted by molar-refractivity contribution is 0.105. The van der Waals surface area contributed by atoms with Gasteiger partial charge in [-0.25, -0.2) is 0 Å². The summed E-state index contributed by atoms with van der Waals surface area (Å²) in [5.41, 5.74) is 2.03. The Bertz CT molecular complexity index is 505. The van der Waals surface area contributed by atoms with E-state index in [1.807, 2.05) is 29.2 Å². The minimum absolute atomic E-state index is 0.0904. The molecule has 0 spiro atoms. The molecule has 2 rings (SSSR count). The zero-order chi connectivity index (χ0) is 13.9. The first kappa shape index (κ1) is 13.7.